The van der Waals surface area contributed by atoms with Gasteiger partial charge in [-0.05, 0) is 68.7 Å². The van der Waals surface area contributed by atoms with Gasteiger partial charge in [0.25, 0.3) is 10.0 Å². The molecule has 0 saturated heterocycles. The van der Waals surface area contributed by atoms with Crippen molar-refractivity contribution < 1.29 is 22.7 Å². The largest absolute Gasteiger partial charge is 0.497 e. The molecule has 1 fully saturated rings. The highest BCUT2D eigenvalue weighted by atomic mass is 35.5. The van der Waals surface area contributed by atoms with Gasteiger partial charge >= 0.3 is 0 Å². The number of hydrogen-bond donors (Lipinski definition) is 1. The number of halogens is 1. The molecule has 1 aliphatic carbocycles. The summed E-state index contributed by atoms with van der Waals surface area (Å²) < 4.78 is 34.1. The number of methoxy groups -OCH3 is 1. The third-order valence-electron chi connectivity index (χ3n) is 7.39. The predicted octanol–water partition coefficient (Wildman–Crippen LogP) is 5.33. The number of aryl methyl sites for hydroxylation is 1. The minimum Gasteiger partial charge on any atom is -0.497 e. The van der Waals surface area contributed by atoms with Crippen LogP contribution in [-0.4, -0.2) is 50.9 Å². The van der Waals surface area contributed by atoms with E-state index in [0.717, 1.165) is 41.1 Å². The molecule has 0 unspecified atom stereocenters. The van der Waals surface area contributed by atoms with Gasteiger partial charge in [0.1, 0.15) is 18.3 Å². The lowest BCUT2D eigenvalue weighted by atomic mass is 10.1. The predicted molar refractivity (Wildman–Crippen MR) is 161 cm³/mol. The van der Waals surface area contributed by atoms with E-state index in [-0.39, 0.29) is 34.1 Å². The Morgan fingerprint density at radius 2 is 1.63 bits per heavy atom. The van der Waals surface area contributed by atoms with Crippen molar-refractivity contribution in [2.75, 3.05) is 18.0 Å². The van der Waals surface area contributed by atoms with E-state index in [2.05, 4.69) is 5.32 Å². The van der Waals surface area contributed by atoms with Crippen LogP contribution < -0.4 is 14.4 Å². The number of amides is 2. The average molecular weight is 598 g/mol. The highest BCUT2D eigenvalue weighted by molar-refractivity contribution is 7.92. The molecule has 2 amide bonds. The summed E-state index contributed by atoms with van der Waals surface area (Å²) in [5.74, 6) is -0.150. The number of nitrogens with zero attached hydrogens (tertiary/aromatic N) is 2. The Bertz CT molecular complexity index is 1460. The molecule has 3 aromatic carbocycles. The van der Waals surface area contributed by atoms with E-state index in [1.165, 1.54) is 17.0 Å². The fourth-order valence-corrected chi connectivity index (χ4v) is 6.63. The first-order valence-corrected chi connectivity index (χ1v) is 15.5. The number of hydrogen-bond acceptors (Lipinski definition) is 5. The second-order valence-corrected chi connectivity index (χ2v) is 12.6. The summed E-state index contributed by atoms with van der Waals surface area (Å²) in [7, 11) is -2.62. The SMILES string of the molecule is COc1ccc(CN(C(=O)CN(c2ccccc2Cl)S(=O)(=O)c2ccc(C)cc2)[C@@H](C)C(=O)NC2CCCC2)cc1. The third kappa shape index (κ3) is 7.40. The lowest BCUT2D eigenvalue weighted by molar-refractivity contribution is -0.139. The van der Waals surface area contributed by atoms with Crippen LogP contribution in [0.15, 0.2) is 77.7 Å². The van der Waals surface area contributed by atoms with Crippen molar-refractivity contribution in [3.05, 3.63) is 88.9 Å². The second kappa shape index (κ2) is 13.4. The van der Waals surface area contributed by atoms with Crippen molar-refractivity contribution in [1.82, 2.24) is 10.2 Å². The second-order valence-electron chi connectivity index (χ2n) is 10.3. The molecule has 1 N–H and O–H groups in total. The van der Waals surface area contributed by atoms with E-state index in [1.807, 2.05) is 19.1 Å². The molecular formula is C31H36ClN3O5S. The van der Waals surface area contributed by atoms with Gasteiger partial charge in [-0.3, -0.25) is 13.9 Å². The summed E-state index contributed by atoms with van der Waals surface area (Å²) in [6, 6.07) is 19.3. The zero-order valence-electron chi connectivity index (χ0n) is 23.5. The van der Waals surface area contributed by atoms with Crippen LogP contribution in [0.1, 0.15) is 43.7 Å². The topological polar surface area (TPSA) is 96.0 Å². The van der Waals surface area contributed by atoms with Gasteiger partial charge in [0.2, 0.25) is 11.8 Å². The van der Waals surface area contributed by atoms with E-state index in [1.54, 1.807) is 62.6 Å². The summed E-state index contributed by atoms with van der Waals surface area (Å²) in [5, 5.41) is 3.25. The number of carbonyl (C=O) groups is 2. The van der Waals surface area contributed by atoms with E-state index in [0.29, 0.717) is 5.75 Å². The first kappa shape index (κ1) is 30.4. The van der Waals surface area contributed by atoms with E-state index >= 15 is 0 Å². The molecule has 1 saturated carbocycles. The van der Waals surface area contributed by atoms with Gasteiger partial charge in [-0.2, -0.15) is 0 Å². The summed E-state index contributed by atoms with van der Waals surface area (Å²) in [4.78, 5) is 28.8. The van der Waals surface area contributed by atoms with Crippen LogP contribution in [0.3, 0.4) is 0 Å². The number of sulfonamides is 1. The number of para-hydroxylation sites is 1. The minimum atomic E-state index is -4.18. The van der Waals surface area contributed by atoms with Gasteiger partial charge < -0.3 is 15.0 Å². The van der Waals surface area contributed by atoms with Crippen LogP contribution in [-0.2, 0) is 26.2 Å². The van der Waals surface area contributed by atoms with Crippen molar-refractivity contribution in [3.63, 3.8) is 0 Å². The zero-order chi connectivity index (χ0) is 29.6. The van der Waals surface area contributed by atoms with Crippen LogP contribution in [0.2, 0.25) is 5.02 Å². The molecular weight excluding hydrogens is 562 g/mol. The summed E-state index contributed by atoms with van der Waals surface area (Å²) >= 11 is 6.46. The number of carbonyl (C=O) groups excluding carboxylic acids is 2. The van der Waals surface area contributed by atoms with Crippen molar-refractivity contribution in [1.29, 1.82) is 0 Å². The van der Waals surface area contributed by atoms with E-state index in [4.69, 9.17) is 16.3 Å². The Balaban J connectivity index is 1.69. The molecule has 3 aromatic rings. The summed E-state index contributed by atoms with van der Waals surface area (Å²) in [6.07, 6.45) is 3.91. The maximum absolute atomic E-state index is 14.1. The maximum Gasteiger partial charge on any atom is 0.264 e. The highest BCUT2D eigenvalue weighted by Gasteiger charge is 2.34. The standard InChI is InChI=1S/C31H36ClN3O5S/c1-22-12-18-27(19-13-22)41(38,39)35(29-11-7-6-10-28(29)32)21-30(36)34(20-24-14-16-26(40-3)17-15-24)23(2)31(37)33-25-8-4-5-9-25/h6-7,10-19,23,25H,4-5,8-9,20-21H2,1-3H3,(H,33,37)/t23-/m0/s1. The molecule has 218 valence electrons. The summed E-state index contributed by atoms with van der Waals surface area (Å²) in [5.41, 5.74) is 1.85. The van der Waals surface area contributed by atoms with E-state index < -0.39 is 28.5 Å². The van der Waals surface area contributed by atoms with Crippen molar-refractivity contribution in [2.24, 2.45) is 0 Å². The van der Waals surface area contributed by atoms with Gasteiger partial charge in [0.15, 0.2) is 0 Å². The van der Waals surface area contributed by atoms with Crippen LogP contribution >= 0.6 is 11.6 Å². The van der Waals surface area contributed by atoms with Crippen LogP contribution in [0.5, 0.6) is 5.75 Å². The fraction of sp³-hybridized carbons (Fsp3) is 0.355. The number of benzene rings is 3. The van der Waals surface area contributed by atoms with Crippen molar-refractivity contribution in [2.45, 2.75) is 63.1 Å². The Morgan fingerprint density at radius 1 is 1.00 bits per heavy atom. The number of rotatable bonds is 11. The smallest absolute Gasteiger partial charge is 0.264 e. The van der Waals surface area contributed by atoms with Gasteiger partial charge in [-0.15, -0.1) is 0 Å². The first-order valence-electron chi connectivity index (χ1n) is 13.7. The molecule has 0 radical (unpaired) electrons. The number of nitrogens with one attached hydrogen (secondary N) is 1. The molecule has 0 bridgehead atoms. The third-order valence-corrected chi connectivity index (χ3v) is 9.48. The zero-order valence-corrected chi connectivity index (χ0v) is 25.1. The first-order chi connectivity index (χ1) is 19.6. The Morgan fingerprint density at radius 3 is 2.24 bits per heavy atom. The number of anilines is 1. The Kier molecular flexibility index (Phi) is 9.94. The molecule has 4 rings (SSSR count). The molecule has 0 aromatic heterocycles. The van der Waals surface area contributed by atoms with Crippen LogP contribution in [0.25, 0.3) is 0 Å². The van der Waals surface area contributed by atoms with Gasteiger partial charge in [0, 0.05) is 12.6 Å². The number of ether oxygens (including phenoxy) is 1. The van der Waals surface area contributed by atoms with Gasteiger partial charge in [0.05, 0.1) is 22.7 Å². The fourth-order valence-electron chi connectivity index (χ4n) is 4.91. The lowest BCUT2D eigenvalue weighted by Gasteiger charge is -2.32. The Hall–Kier alpha value is -3.56. The average Bonchev–Trinajstić information content (AvgIpc) is 3.48. The molecule has 0 heterocycles. The van der Waals surface area contributed by atoms with Gasteiger partial charge in [-0.25, -0.2) is 8.42 Å². The monoisotopic (exact) mass is 597 g/mol. The molecule has 1 aliphatic rings. The molecule has 8 nitrogen and oxygen atoms in total. The van der Waals surface area contributed by atoms with Gasteiger partial charge in [-0.1, -0.05) is 66.4 Å². The van der Waals surface area contributed by atoms with Crippen molar-refractivity contribution >= 4 is 39.1 Å². The minimum absolute atomic E-state index is 0.0320. The maximum atomic E-state index is 14.1. The van der Waals surface area contributed by atoms with E-state index in [9.17, 15) is 18.0 Å². The quantitative estimate of drug-likeness (QED) is 0.322. The molecule has 0 spiro atoms. The Labute approximate surface area is 247 Å². The summed E-state index contributed by atoms with van der Waals surface area (Å²) in [6.45, 7) is 3.08. The molecule has 41 heavy (non-hydrogen) atoms. The normalized spacial score (nSPS) is 14.3. The van der Waals surface area contributed by atoms with Crippen LogP contribution in [0, 0.1) is 6.92 Å². The molecule has 10 heteroatoms. The lowest BCUT2D eigenvalue weighted by Crippen LogP contribution is -2.52. The highest BCUT2D eigenvalue weighted by Crippen LogP contribution is 2.31. The van der Waals surface area contributed by atoms with Crippen LogP contribution in [0.4, 0.5) is 5.69 Å². The molecule has 0 aliphatic heterocycles. The molecule has 1 atom stereocenters. The van der Waals surface area contributed by atoms with Crippen molar-refractivity contribution in [3.8, 4) is 5.75 Å².